The molecule has 124 valence electrons. The second kappa shape index (κ2) is 6.18. The number of carbonyl (C=O) groups is 3. The summed E-state index contributed by atoms with van der Waals surface area (Å²) in [5.41, 5.74) is 0. The molecule has 3 rings (SSSR count). The third kappa shape index (κ3) is 2.83. The summed E-state index contributed by atoms with van der Waals surface area (Å²) in [5.74, 6) is -1.42. The molecule has 4 amide bonds. The second-order valence-electron chi connectivity index (χ2n) is 5.33. The van der Waals surface area contributed by atoms with E-state index in [0.29, 0.717) is 10.8 Å². The van der Waals surface area contributed by atoms with Crippen molar-refractivity contribution < 1.29 is 32.6 Å². The van der Waals surface area contributed by atoms with Gasteiger partial charge in [0.05, 0.1) is 6.04 Å². The van der Waals surface area contributed by atoms with Crippen molar-refractivity contribution in [3.05, 3.63) is 0 Å². The number of nitrogens with one attached hydrogen (secondary N) is 1. The fraction of sp³-hybridized carbons (Fsp3) is 0.700. The van der Waals surface area contributed by atoms with E-state index in [0.717, 1.165) is 4.90 Å². The van der Waals surface area contributed by atoms with E-state index in [2.05, 4.69) is 5.32 Å². The SMILES string of the molecule is O=C1NCCC1N(O)C(=O)N1CC[C@@H]2[C@H]1C(=O)N2S(=O)(=O)O.[NaH]. The van der Waals surface area contributed by atoms with Crippen molar-refractivity contribution in [2.24, 2.45) is 0 Å². The van der Waals surface area contributed by atoms with Crippen molar-refractivity contribution in [2.75, 3.05) is 13.1 Å². The average Bonchev–Trinajstić information content (AvgIpc) is 2.99. The van der Waals surface area contributed by atoms with Gasteiger partial charge in [-0.05, 0) is 12.8 Å². The van der Waals surface area contributed by atoms with Gasteiger partial charge in [-0.1, -0.05) is 0 Å². The van der Waals surface area contributed by atoms with E-state index in [1.165, 1.54) is 0 Å². The zero-order chi connectivity index (χ0) is 16.2. The Morgan fingerprint density at radius 2 is 1.96 bits per heavy atom. The molecule has 0 aromatic carbocycles. The zero-order valence-electron chi connectivity index (χ0n) is 11.2. The van der Waals surface area contributed by atoms with Crippen molar-refractivity contribution >= 4 is 57.7 Å². The van der Waals surface area contributed by atoms with E-state index in [1.807, 2.05) is 0 Å². The molecule has 13 heteroatoms. The molecule has 0 radical (unpaired) electrons. The van der Waals surface area contributed by atoms with Crippen LogP contribution in [0.2, 0.25) is 0 Å². The first-order chi connectivity index (χ1) is 10.2. The predicted molar refractivity (Wildman–Crippen MR) is 74.9 cm³/mol. The monoisotopic (exact) mass is 358 g/mol. The maximum atomic E-state index is 12.2. The number of nitrogens with zero attached hydrogens (tertiary/aromatic N) is 3. The molecule has 0 saturated carbocycles. The van der Waals surface area contributed by atoms with Gasteiger partial charge in [0.15, 0.2) is 0 Å². The number of urea groups is 1. The number of likely N-dealkylation sites (tertiary alicyclic amines) is 1. The van der Waals surface area contributed by atoms with Gasteiger partial charge in [-0.25, -0.2) is 9.10 Å². The van der Waals surface area contributed by atoms with Gasteiger partial charge < -0.3 is 10.2 Å². The normalized spacial score (nSPS) is 29.6. The Morgan fingerprint density at radius 1 is 1.30 bits per heavy atom. The summed E-state index contributed by atoms with van der Waals surface area (Å²) in [5, 5.41) is 12.6. The van der Waals surface area contributed by atoms with E-state index in [1.54, 1.807) is 0 Å². The Hall–Kier alpha value is -0.920. The van der Waals surface area contributed by atoms with E-state index in [4.69, 9.17) is 4.55 Å². The molecule has 3 aliphatic rings. The van der Waals surface area contributed by atoms with Crippen LogP contribution in [0.3, 0.4) is 0 Å². The standard InChI is InChI=1S/C10H14N4O7S.Na.H/c15-8-6(1-3-11-8)13(18)10(17)12-4-2-5-7(12)9(16)14(5)22(19,20)21;;/h5-7,18H,1-4H2,(H,11,15)(H,19,20,21);;/t5-,6?,7+;;/m1../s1. The number of fused-ring (bicyclic) bond motifs is 1. The number of amides is 4. The van der Waals surface area contributed by atoms with Crippen molar-refractivity contribution in [2.45, 2.75) is 31.0 Å². The summed E-state index contributed by atoms with van der Waals surface area (Å²) in [6.07, 6.45) is 0.404. The summed E-state index contributed by atoms with van der Waals surface area (Å²) in [6, 6.07) is -3.84. The third-order valence-corrected chi connectivity index (χ3v) is 5.09. The topological polar surface area (TPSA) is 148 Å². The van der Waals surface area contributed by atoms with Crippen LogP contribution in [0.25, 0.3) is 0 Å². The molecule has 0 spiro atoms. The quantitative estimate of drug-likeness (QED) is 0.158. The molecule has 1 unspecified atom stereocenters. The molecule has 0 aromatic heterocycles. The van der Waals surface area contributed by atoms with Crippen molar-refractivity contribution in [1.82, 2.24) is 19.6 Å². The fourth-order valence-corrected chi connectivity index (χ4v) is 4.01. The van der Waals surface area contributed by atoms with Crippen LogP contribution in [0.1, 0.15) is 12.8 Å². The van der Waals surface area contributed by atoms with Gasteiger partial charge in [0, 0.05) is 13.1 Å². The molecule has 0 bridgehead atoms. The molecule has 3 heterocycles. The molecular weight excluding hydrogens is 343 g/mol. The molecule has 3 atom stereocenters. The Balaban J connectivity index is 0.00000192. The Bertz CT molecular complexity index is 656. The minimum atomic E-state index is -4.66. The summed E-state index contributed by atoms with van der Waals surface area (Å²) >= 11 is 0. The van der Waals surface area contributed by atoms with Gasteiger partial charge in [-0.15, -0.1) is 0 Å². The van der Waals surface area contributed by atoms with E-state index in [9.17, 15) is 28.0 Å². The van der Waals surface area contributed by atoms with E-state index < -0.39 is 46.3 Å². The summed E-state index contributed by atoms with van der Waals surface area (Å²) in [7, 11) is -4.66. The van der Waals surface area contributed by atoms with Gasteiger partial charge in [0.2, 0.25) is 5.91 Å². The number of carbonyl (C=O) groups excluding carboxylic acids is 3. The van der Waals surface area contributed by atoms with E-state index in [-0.39, 0.29) is 54.0 Å². The number of rotatable bonds is 2. The third-order valence-electron chi connectivity index (χ3n) is 4.14. The average molecular weight is 358 g/mol. The first-order valence-electron chi connectivity index (χ1n) is 6.60. The molecule has 23 heavy (non-hydrogen) atoms. The van der Waals surface area contributed by atoms with Crippen LogP contribution >= 0.6 is 0 Å². The van der Waals surface area contributed by atoms with Crippen molar-refractivity contribution in [3.8, 4) is 0 Å². The summed E-state index contributed by atoms with van der Waals surface area (Å²) in [4.78, 5) is 36.5. The number of hydrogen-bond acceptors (Lipinski definition) is 6. The van der Waals surface area contributed by atoms with Crippen LogP contribution in [0.15, 0.2) is 0 Å². The second-order valence-corrected chi connectivity index (χ2v) is 6.62. The Labute approximate surface area is 153 Å². The number of β-lactam (4-membered cyclic amide) rings is 1. The van der Waals surface area contributed by atoms with Gasteiger partial charge in [0.1, 0.15) is 12.1 Å². The number of hydrogen-bond donors (Lipinski definition) is 3. The Morgan fingerprint density at radius 3 is 2.48 bits per heavy atom. The molecular formula is C10H15N4NaO7S. The fourth-order valence-electron chi connectivity index (χ4n) is 3.11. The molecule has 0 aromatic rings. The Kier molecular flexibility index (Phi) is 4.95. The molecule has 0 aliphatic carbocycles. The zero-order valence-corrected chi connectivity index (χ0v) is 12.1. The first-order valence-corrected chi connectivity index (χ1v) is 8.00. The first kappa shape index (κ1) is 18.4. The van der Waals surface area contributed by atoms with Crippen molar-refractivity contribution in [3.63, 3.8) is 0 Å². The molecule has 3 N–H and O–H groups in total. The summed E-state index contributed by atoms with van der Waals surface area (Å²) < 4.78 is 31.4. The van der Waals surface area contributed by atoms with Crippen molar-refractivity contribution in [1.29, 1.82) is 0 Å². The minimum absolute atomic E-state index is 0. The van der Waals surface area contributed by atoms with Gasteiger partial charge in [0.25, 0.3) is 5.91 Å². The molecule has 11 nitrogen and oxygen atoms in total. The van der Waals surface area contributed by atoms with Crippen LogP contribution in [-0.4, -0.2) is 111 Å². The number of hydroxylamine groups is 2. The summed E-state index contributed by atoms with van der Waals surface area (Å²) in [6.45, 7) is 0.368. The van der Waals surface area contributed by atoms with Crippen LogP contribution in [0.4, 0.5) is 4.79 Å². The van der Waals surface area contributed by atoms with Crippen LogP contribution in [0.5, 0.6) is 0 Å². The van der Waals surface area contributed by atoms with Crippen LogP contribution in [0, 0.1) is 0 Å². The predicted octanol–water partition coefficient (Wildman–Crippen LogP) is -2.87. The van der Waals surface area contributed by atoms with Crippen LogP contribution < -0.4 is 5.32 Å². The van der Waals surface area contributed by atoms with Gasteiger partial charge in [-0.2, -0.15) is 13.5 Å². The van der Waals surface area contributed by atoms with Crippen LogP contribution in [-0.2, 0) is 19.9 Å². The van der Waals surface area contributed by atoms with E-state index >= 15 is 0 Å². The molecule has 3 aliphatic heterocycles. The molecule has 3 fully saturated rings. The molecule has 3 saturated heterocycles. The maximum absolute atomic E-state index is 12.2. The van der Waals surface area contributed by atoms with Gasteiger partial charge in [-0.3, -0.25) is 19.3 Å². The van der Waals surface area contributed by atoms with Gasteiger partial charge >= 0.3 is 45.9 Å².